The summed E-state index contributed by atoms with van der Waals surface area (Å²) in [5, 5.41) is 7.59. The molecular formula is C19H17N5O2. The number of amides is 1. The van der Waals surface area contributed by atoms with Gasteiger partial charge in [0.05, 0.1) is 35.8 Å². The standard InChI is InChI=1S/C19H17N5O2/c25-17-11-21-24(16-8-4-1-5-13(16)17)10-9-19(26)20-12-18-22-14-6-2-3-7-15(14)23-18/h1-8,11H,9-10,12H2,(H,20,26)(H,22,23). The fraction of sp³-hybridized carbons (Fsp3) is 0.158. The Hall–Kier alpha value is -3.48. The van der Waals surface area contributed by atoms with E-state index in [9.17, 15) is 9.59 Å². The van der Waals surface area contributed by atoms with Crippen LogP contribution < -0.4 is 10.7 Å². The third-order valence-electron chi connectivity index (χ3n) is 4.20. The van der Waals surface area contributed by atoms with Gasteiger partial charge in [0.25, 0.3) is 0 Å². The monoisotopic (exact) mass is 347 g/mol. The molecule has 0 aliphatic rings. The van der Waals surface area contributed by atoms with Crippen LogP contribution in [0.2, 0.25) is 0 Å². The van der Waals surface area contributed by atoms with Gasteiger partial charge in [-0.3, -0.25) is 14.3 Å². The van der Waals surface area contributed by atoms with Gasteiger partial charge in [-0.1, -0.05) is 24.3 Å². The zero-order valence-corrected chi connectivity index (χ0v) is 14.0. The molecule has 4 aromatic rings. The van der Waals surface area contributed by atoms with Crippen LogP contribution in [0.15, 0.2) is 59.5 Å². The van der Waals surface area contributed by atoms with E-state index in [4.69, 9.17) is 0 Å². The van der Waals surface area contributed by atoms with Gasteiger partial charge in [0.2, 0.25) is 11.3 Å². The van der Waals surface area contributed by atoms with Crippen molar-refractivity contribution in [3.63, 3.8) is 0 Å². The number of imidazole rings is 1. The average Bonchev–Trinajstić information content (AvgIpc) is 3.09. The van der Waals surface area contributed by atoms with Crippen LogP contribution in [0.5, 0.6) is 0 Å². The maximum absolute atomic E-state index is 12.2. The van der Waals surface area contributed by atoms with Gasteiger partial charge in [0.15, 0.2) is 0 Å². The molecule has 0 spiro atoms. The van der Waals surface area contributed by atoms with E-state index < -0.39 is 0 Å². The highest BCUT2D eigenvalue weighted by Crippen LogP contribution is 2.10. The number of aryl methyl sites for hydroxylation is 1. The SMILES string of the molecule is O=C(CCn1ncc(=O)c2ccccc21)NCc1nc2ccccc2[nH]1. The quantitative estimate of drug-likeness (QED) is 0.577. The topological polar surface area (TPSA) is 92.7 Å². The minimum atomic E-state index is -0.119. The maximum atomic E-state index is 12.2. The molecule has 2 N–H and O–H groups in total. The van der Waals surface area contributed by atoms with Crippen molar-refractivity contribution in [3.8, 4) is 0 Å². The first-order valence-electron chi connectivity index (χ1n) is 8.36. The molecule has 0 saturated carbocycles. The van der Waals surface area contributed by atoms with E-state index in [-0.39, 0.29) is 17.8 Å². The van der Waals surface area contributed by atoms with Gasteiger partial charge in [0.1, 0.15) is 5.82 Å². The third kappa shape index (κ3) is 3.19. The number of benzene rings is 2. The summed E-state index contributed by atoms with van der Waals surface area (Å²) in [5.41, 5.74) is 2.43. The van der Waals surface area contributed by atoms with Crippen molar-refractivity contribution in [1.29, 1.82) is 0 Å². The third-order valence-corrected chi connectivity index (χ3v) is 4.20. The van der Waals surface area contributed by atoms with Crippen LogP contribution >= 0.6 is 0 Å². The second-order valence-electron chi connectivity index (χ2n) is 5.98. The number of hydrogen-bond acceptors (Lipinski definition) is 4. The number of nitrogens with one attached hydrogen (secondary N) is 2. The van der Waals surface area contributed by atoms with Crippen molar-refractivity contribution in [1.82, 2.24) is 25.1 Å². The minimum Gasteiger partial charge on any atom is -0.349 e. The summed E-state index contributed by atoms with van der Waals surface area (Å²) in [5.74, 6) is 0.613. The van der Waals surface area contributed by atoms with Crippen LogP contribution in [0.25, 0.3) is 21.9 Å². The molecule has 0 fully saturated rings. The number of carbonyl (C=O) groups is 1. The van der Waals surface area contributed by atoms with Gasteiger partial charge >= 0.3 is 0 Å². The first kappa shape index (κ1) is 16.0. The lowest BCUT2D eigenvalue weighted by Crippen LogP contribution is -2.25. The fourth-order valence-corrected chi connectivity index (χ4v) is 2.91. The molecule has 0 aliphatic heterocycles. The van der Waals surface area contributed by atoms with Gasteiger partial charge in [-0.15, -0.1) is 0 Å². The zero-order chi connectivity index (χ0) is 17.9. The Kier molecular flexibility index (Phi) is 4.18. The number of hydrogen-bond donors (Lipinski definition) is 2. The zero-order valence-electron chi connectivity index (χ0n) is 14.0. The highest BCUT2D eigenvalue weighted by Gasteiger charge is 2.08. The molecule has 2 aromatic heterocycles. The molecular weight excluding hydrogens is 330 g/mol. The van der Waals surface area contributed by atoms with Gasteiger partial charge in [0, 0.05) is 11.8 Å². The predicted molar refractivity (Wildman–Crippen MR) is 98.6 cm³/mol. The summed E-state index contributed by atoms with van der Waals surface area (Å²) in [7, 11) is 0. The Labute approximate surface area is 148 Å². The van der Waals surface area contributed by atoms with Gasteiger partial charge in [-0.2, -0.15) is 5.10 Å². The Morgan fingerprint density at radius 1 is 1.12 bits per heavy atom. The van der Waals surface area contributed by atoms with Gasteiger partial charge in [-0.05, 0) is 24.3 Å². The fourth-order valence-electron chi connectivity index (χ4n) is 2.91. The van der Waals surface area contributed by atoms with E-state index in [1.54, 1.807) is 10.7 Å². The molecule has 0 unspecified atom stereocenters. The minimum absolute atomic E-state index is 0.102. The van der Waals surface area contributed by atoms with Crippen molar-refractivity contribution >= 4 is 27.8 Å². The van der Waals surface area contributed by atoms with E-state index >= 15 is 0 Å². The number of para-hydroxylation sites is 3. The summed E-state index contributed by atoms with van der Waals surface area (Å²) in [6, 6.07) is 15.0. The van der Waals surface area contributed by atoms with E-state index in [0.29, 0.717) is 24.3 Å². The Morgan fingerprint density at radius 3 is 2.81 bits per heavy atom. The summed E-state index contributed by atoms with van der Waals surface area (Å²) in [6.07, 6.45) is 1.55. The number of fused-ring (bicyclic) bond motifs is 2. The first-order valence-corrected chi connectivity index (χ1v) is 8.36. The molecule has 0 aliphatic carbocycles. The Morgan fingerprint density at radius 2 is 1.92 bits per heavy atom. The van der Waals surface area contributed by atoms with Crippen molar-refractivity contribution in [2.45, 2.75) is 19.5 Å². The molecule has 2 heterocycles. The molecule has 2 aromatic carbocycles. The predicted octanol–water partition coefficient (Wildman–Crippen LogP) is 1.98. The Bertz CT molecular complexity index is 1110. The molecule has 4 rings (SSSR count). The molecule has 130 valence electrons. The Balaban J connectivity index is 1.40. The average molecular weight is 347 g/mol. The van der Waals surface area contributed by atoms with Gasteiger partial charge < -0.3 is 10.3 Å². The first-order chi connectivity index (χ1) is 12.7. The van der Waals surface area contributed by atoms with E-state index in [1.165, 1.54) is 6.20 Å². The van der Waals surface area contributed by atoms with E-state index in [1.807, 2.05) is 42.5 Å². The number of aromatic nitrogens is 4. The smallest absolute Gasteiger partial charge is 0.222 e. The number of carbonyl (C=O) groups excluding carboxylic acids is 1. The maximum Gasteiger partial charge on any atom is 0.222 e. The van der Waals surface area contributed by atoms with E-state index in [2.05, 4.69) is 20.4 Å². The normalized spacial score (nSPS) is 11.1. The lowest BCUT2D eigenvalue weighted by molar-refractivity contribution is -0.121. The summed E-state index contributed by atoms with van der Waals surface area (Å²) in [4.78, 5) is 31.6. The highest BCUT2D eigenvalue weighted by atomic mass is 16.1. The molecule has 7 nitrogen and oxygen atoms in total. The second kappa shape index (κ2) is 6.79. The number of rotatable bonds is 5. The molecule has 1 amide bonds. The van der Waals surface area contributed by atoms with Crippen LogP contribution in [0.4, 0.5) is 0 Å². The molecule has 0 atom stereocenters. The van der Waals surface area contributed by atoms with E-state index in [0.717, 1.165) is 16.6 Å². The largest absolute Gasteiger partial charge is 0.349 e. The van der Waals surface area contributed by atoms with Crippen LogP contribution in [0.3, 0.4) is 0 Å². The number of nitrogens with zero attached hydrogens (tertiary/aromatic N) is 3. The van der Waals surface area contributed by atoms with Crippen molar-refractivity contribution in [2.75, 3.05) is 0 Å². The van der Waals surface area contributed by atoms with Gasteiger partial charge in [-0.25, -0.2) is 4.98 Å². The highest BCUT2D eigenvalue weighted by molar-refractivity contribution is 5.79. The lowest BCUT2D eigenvalue weighted by Gasteiger charge is -2.09. The molecule has 0 saturated heterocycles. The summed E-state index contributed by atoms with van der Waals surface area (Å²) >= 11 is 0. The van der Waals surface area contributed by atoms with Crippen molar-refractivity contribution < 1.29 is 4.79 Å². The molecule has 0 radical (unpaired) electrons. The van der Waals surface area contributed by atoms with Crippen molar-refractivity contribution in [2.24, 2.45) is 0 Å². The second-order valence-corrected chi connectivity index (χ2v) is 5.98. The summed E-state index contributed by atoms with van der Waals surface area (Å²) < 4.78 is 1.68. The van der Waals surface area contributed by atoms with Crippen LogP contribution in [-0.4, -0.2) is 25.7 Å². The lowest BCUT2D eigenvalue weighted by atomic mass is 10.2. The van der Waals surface area contributed by atoms with Crippen LogP contribution in [0, 0.1) is 0 Å². The molecule has 7 heteroatoms. The van der Waals surface area contributed by atoms with Crippen LogP contribution in [0.1, 0.15) is 12.2 Å². The van der Waals surface area contributed by atoms with Crippen LogP contribution in [-0.2, 0) is 17.9 Å². The number of H-pyrrole nitrogens is 1. The van der Waals surface area contributed by atoms with Crippen molar-refractivity contribution in [3.05, 3.63) is 70.8 Å². The number of aromatic amines is 1. The molecule has 0 bridgehead atoms. The summed E-state index contributed by atoms with van der Waals surface area (Å²) in [6.45, 7) is 0.735. The molecule has 26 heavy (non-hydrogen) atoms.